The third-order valence-electron chi connectivity index (χ3n) is 9.31. The molecule has 1 amide bonds. The summed E-state index contributed by atoms with van der Waals surface area (Å²) in [6.45, 7) is 4.46. The Hall–Kier alpha value is -2.29. The second kappa shape index (κ2) is 7.86. The summed E-state index contributed by atoms with van der Waals surface area (Å²) < 4.78 is 39.6. The molecule has 9 heteroatoms. The predicted octanol–water partition coefficient (Wildman–Crippen LogP) is 4.60. The fourth-order valence-electron chi connectivity index (χ4n) is 7.27. The Morgan fingerprint density at radius 2 is 1.97 bits per heavy atom. The molecular weight excluding hydrogens is 443 g/mol. The number of piperidine rings is 1. The third-order valence-corrected chi connectivity index (χ3v) is 9.31. The minimum atomic E-state index is -4.43. The van der Waals surface area contributed by atoms with Gasteiger partial charge in [0.05, 0.1) is 17.0 Å². The van der Waals surface area contributed by atoms with Crippen molar-refractivity contribution in [1.82, 2.24) is 14.8 Å². The van der Waals surface area contributed by atoms with Crippen LogP contribution in [0.5, 0.6) is 0 Å². The van der Waals surface area contributed by atoms with Gasteiger partial charge < -0.3 is 9.80 Å². The maximum atomic E-state index is 13.8. The summed E-state index contributed by atoms with van der Waals surface area (Å²) in [7, 11) is 0. The lowest BCUT2D eigenvalue weighted by Gasteiger charge is -2.37. The molecule has 2 saturated heterocycles. The quantitative estimate of drug-likeness (QED) is 0.631. The molecule has 6 rings (SSSR count). The summed E-state index contributed by atoms with van der Waals surface area (Å²) in [4.78, 5) is 22.3. The van der Waals surface area contributed by atoms with Crippen molar-refractivity contribution < 1.29 is 18.0 Å². The average Bonchev–Trinajstić information content (AvgIpc) is 3.56. The van der Waals surface area contributed by atoms with Crippen molar-refractivity contribution in [3.05, 3.63) is 41.4 Å². The molecule has 0 aromatic carbocycles. The summed E-state index contributed by atoms with van der Waals surface area (Å²) in [5.41, 5.74) is 0.112. The van der Waals surface area contributed by atoms with Gasteiger partial charge >= 0.3 is 6.18 Å². The van der Waals surface area contributed by atoms with Crippen molar-refractivity contribution in [3.63, 3.8) is 0 Å². The highest BCUT2D eigenvalue weighted by molar-refractivity contribution is 5.87. The van der Waals surface area contributed by atoms with E-state index in [1.54, 1.807) is 6.20 Å². The maximum absolute atomic E-state index is 13.8. The van der Waals surface area contributed by atoms with Gasteiger partial charge in [-0.05, 0) is 74.7 Å². The molecule has 5 heterocycles. The zero-order valence-electron chi connectivity index (χ0n) is 19.3. The van der Waals surface area contributed by atoms with Crippen LogP contribution in [0.4, 0.5) is 13.2 Å². The highest BCUT2D eigenvalue weighted by Crippen LogP contribution is 2.55. The van der Waals surface area contributed by atoms with E-state index in [9.17, 15) is 18.0 Å². The fraction of sp³-hybridized carbons (Fsp3) is 0.680. The van der Waals surface area contributed by atoms with Gasteiger partial charge in [-0.1, -0.05) is 6.92 Å². The number of nitrogens with zero attached hydrogens (tertiary/aromatic N) is 5. The molecule has 1 aromatic heterocycles. The Morgan fingerprint density at radius 1 is 1.18 bits per heavy atom. The van der Waals surface area contributed by atoms with E-state index in [1.165, 1.54) is 6.07 Å². The van der Waals surface area contributed by atoms with Crippen LogP contribution in [0, 0.1) is 17.3 Å². The van der Waals surface area contributed by atoms with E-state index >= 15 is 0 Å². The summed E-state index contributed by atoms with van der Waals surface area (Å²) in [5, 5.41) is 8.31. The van der Waals surface area contributed by atoms with Crippen LogP contribution in [-0.4, -0.2) is 51.9 Å². The van der Waals surface area contributed by atoms with E-state index < -0.39 is 17.2 Å². The molecule has 5 aliphatic rings. The van der Waals surface area contributed by atoms with E-state index in [0.29, 0.717) is 29.6 Å². The molecule has 1 spiro atoms. The zero-order valence-corrected chi connectivity index (χ0v) is 19.3. The lowest BCUT2D eigenvalue weighted by Crippen LogP contribution is -2.43. The van der Waals surface area contributed by atoms with Crippen molar-refractivity contribution in [3.8, 4) is 0 Å². The molecule has 0 N–H and O–H groups in total. The molecule has 4 aliphatic heterocycles. The minimum Gasteiger partial charge on any atom is -0.334 e. The number of rotatable bonds is 2. The number of pyridine rings is 1. The SMILES string of the molecule is CC1C2Cc3ncc(C(F)(F)F)cc3CN2C(=O)[C@]12CCC(N1CCC(C3C=CN=N3)CC1)C2. The number of fused-ring (bicyclic) bond motifs is 2. The monoisotopic (exact) mass is 473 g/mol. The maximum Gasteiger partial charge on any atom is 0.417 e. The van der Waals surface area contributed by atoms with Crippen LogP contribution in [-0.2, 0) is 23.9 Å². The summed E-state index contributed by atoms with van der Waals surface area (Å²) in [6.07, 6.45) is 5.84. The number of carbonyl (C=O) groups is 1. The Labute approximate surface area is 197 Å². The van der Waals surface area contributed by atoms with E-state index in [4.69, 9.17) is 0 Å². The molecule has 182 valence electrons. The highest BCUT2D eigenvalue weighted by Gasteiger charge is 2.61. The van der Waals surface area contributed by atoms with Crippen molar-refractivity contribution in [2.75, 3.05) is 13.1 Å². The van der Waals surface area contributed by atoms with E-state index in [-0.39, 0.29) is 30.5 Å². The summed E-state index contributed by atoms with van der Waals surface area (Å²) >= 11 is 0. The van der Waals surface area contributed by atoms with E-state index in [0.717, 1.165) is 51.4 Å². The molecule has 1 aromatic rings. The van der Waals surface area contributed by atoms with Crippen molar-refractivity contribution in [2.45, 2.75) is 76.3 Å². The van der Waals surface area contributed by atoms with Crippen LogP contribution in [0.2, 0.25) is 0 Å². The van der Waals surface area contributed by atoms with Gasteiger partial charge in [0.15, 0.2) is 0 Å². The topological polar surface area (TPSA) is 61.2 Å². The first-order valence-corrected chi connectivity index (χ1v) is 12.4. The smallest absolute Gasteiger partial charge is 0.334 e. The molecule has 0 bridgehead atoms. The summed E-state index contributed by atoms with van der Waals surface area (Å²) in [5.74, 6) is 0.855. The number of aromatic nitrogens is 1. The van der Waals surface area contributed by atoms with Gasteiger partial charge in [-0.15, -0.1) is 0 Å². The third kappa shape index (κ3) is 3.41. The number of carbonyl (C=O) groups excluding carboxylic acids is 1. The largest absolute Gasteiger partial charge is 0.417 e. The van der Waals surface area contributed by atoms with Gasteiger partial charge in [0.1, 0.15) is 0 Å². The van der Waals surface area contributed by atoms with E-state index in [2.05, 4.69) is 33.1 Å². The highest BCUT2D eigenvalue weighted by atomic mass is 19.4. The Kier molecular flexibility index (Phi) is 5.13. The molecule has 0 radical (unpaired) electrons. The molecule has 1 saturated carbocycles. The van der Waals surface area contributed by atoms with Gasteiger partial charge in [0, 0.05) is 43.1 Å². The lowest BCUT2D eigenvalue weighted by atomic mass is 9.73. The molecule has 34 heavy (non-hydrogen) atoms. The normalized spacial score (nSPS) is 36.0. The second-order valence-electron chi connectivity index (χ2n) is 10.8. The number of likely N-dealkylation sites (tertiary alicyclic amines) is 1. The minimum absolute atomic E-state index is 0.0215. The first-order chi connectivity index (χ1) is 16.3. The fourth-order valence-corrected chi connectivity index (χ4v) is 7.27. The van der Waals surface area contributed by atoms with Crippen molar-refractivity contribution in [1.29, 1.82) is 0 Å². The first kappa shape index (κ1) is 22.2. The van der Waals surface area contributed by atoms with Gasteiger partial charge in [0.2, 0.25) is 5.91 Å². The van der Waals surface area contributed by atoms with Crippen LogP contribution in [0.1, 0.15) is 55.8 Å². The van der Waals surface area contributed by atoms with Crippen LogP contribution in [0.15, 0.2) is 34.8 Å². The number of amides is 1. The number of hydrogen-bond acceptors (Lipinski definition) is 5. The molecule has 5 atom stereocenters. The van der Waals surface area contributed by atoms with Crippen LogP contribution < -0.4 is 0 Å². The van der Waals surface area contributed by atoms with Gasteiger partial charge in [-0.2, -0.15) is 23.4 Å². The average molecular weight is 474 g/mol. The van der Waals surface area contributed by atoms with Gasteiger partial charge in [-0.25, -0.2) is 0 Å². The number of hydrogen-bond donors (Lipinski definition) is 0. The van der Waals surface area contributed by atoms with Crippen molar-refractivity contribution >= 4 is 5.91 Å². The molecule has 1 aliphatic carbocycles. The molecular formula is C25H30F3N5O. The number of azo groups is 1. The zero-order chi connectivity index (χ0) is 23.7. The summed E-state index contributed by atoms with van der Waals surface area (Å²) in [6, 6.07) is 1.82. The van der Waals surface area contributed by atoms with E-state index in [1.807, 2.05) is 4.90 Å². The molecule has 4 unspecified atom stereocenters. The Morgan fingerprint density at radius 3 is 2.68 bits per heavy atom. The Bertz CT molecular complexity index is 1040. The first-order valence-electron chi connectivity index (χ1n) is 12.4. The van der Waals surface area contributed by atoms with Crippen LogP contribution >= 0.6 is 0 Å². The molecule has 3 fully saturated rings. The lowest BCUT2D eigenvalue weighted by molar-refractivity contribution is -0.138. The van der Waals surface area contributed by atoms with Crippen LogP contribution in [0.25, 0.3) is 0 Å². The second-order valence-corrected chi connectivity index (χ2v) is 10.8. The van der Waals surface area contributed by atoms with Crippen LogP contribution in [0.3, 0.4) is 0 Å². The van der Waals surface area contributed by atoms with Gasteiger partial charge in [0.25, 0.3) is 0 Å². The number of halogens is 3. The standard InChI is InChI=1S/C25H30F3N5O/c1-15-22-11-21-17(10-18(13-29-21)25(26,27)28)14-33(22)23(34)24(15)6-2-19(12-24)32-8-4-16(5-9-32)20-3-7-30-31-20/h3,7,10,13,15-16,19-20,22H,2,4-6,8-9,11-12,14H2,1H3/t15?,19?,20?,22?,24-/m0/s1. The molecule has 6 nitrogen and oxygen atoms in total. The van der Waals surface area contributed by atoms with Crippen molar-refractivity contribution in [2.24, 2.45) is 27.5 Å². The predicted molar refractivity (Wildman–Crippen MR) is 119 cm³/mol. The number of alkyl halides is 3. The Balaban J connectivity index is 1.16. The van der Waals surface area contributed by atoms with Gasteiger partial charge in [-0.3, -0.25) is 9.78 Å².